The number of rotatable bonds is 5. The van der Waals surface area contributed by atoms with Crippen molar-refractivity contribution in [2.24, 2.45) is 4.99 Å². The molecule has 0 fully saturated rings. The van der Waals surface area contributed by atoms with Gasteiger partial charge in [-0.15, -0.1) is 0 Å². The third-order valence-corrected chi connectivity index (χ3v) is 5.43. The number of carbonyl (C=O) groups is 2. The summed E-state index contributed by atoms with van der Waals surface area (Å²) in [7, 11) is 0. The minimum Gasteiger partial charge on any atom is -0.345 e. The number of carbonyl (C=O) groups excluding carboxylic acids is 2. The van der Waals surface area contributed by atoms with E-state index in [1.165, 1.54) is 18.2 Å². The van der Waals surface area contributed by atoms with Gasteiger partial charge in [-0.3, -0.25) is 19.7 Å². The molecule has 4 rings (SSSR count). The number of nitro benzene ring substituents is 1. The van der Waals surface area contributed by atoms with E-state index in [4.69, 9.17) is 0 Å². The number of amidine groups is 1. The molecular weight excluding hydrogens is 446 g/mol. The fourth-order valence-electron chi connectivity index (χ4n) is 3.66. The van der Waals surface area contributed by atoms with Crippen LogP contribution >= 0.6 is 0 Å². The average Bonchev–Trinajstić information content (AvgIpc) is 3.23. The van der Waals surface area contributed by atoms with Crippen LogP contribution in [0.5, 0.6) is 0 Å². The first-order valence-corrected chi connectivity index (χ1v) is 10.6. The zero-order chi connectivity index (χ0) is 24.9. The summed E-state index contributed by atoms with van der Waals surface area (Å²) in [5.41, 5.74) is 1.71. The van der Waals surface area contributed by atoms with Crippen molar-refractivity contribution in [3.8, 4) is 6.07 Å². The van der Waals surface area contributed by atoms with Gasteiger partial charge < -0.3 is 10.6 Å². The molecule has 0 unspecified atom stereocenters. The lowest BCUT2D eigenvalue weighted by Crippen LogP contribution is -2.30. The molecule has 2 N–H and O–H groups in total. The van der Waals surface area contributed by atoms with Crippen LogP contribution < -0.4 is 10.6 Å². The SMILES string of the molecule is C[C@H](NC(=O)/C(C#N)=C1/N=C(NC(=O)c2cccc([N+](=O)[O-])c2)c2ccccc21)c1ccccc1. The van der Waals surface area contributed by atoms with E-state index in [1.54, 1.807) is 24.3 Å². The first-order valence-electron chi connectivity index (χ1n) is 10.6. The highest BCUT2D eigenvalue weighted by Crippen LogP contribution is 2.31. The van der Waals surface area contributed by atoms with Crippen molar-refractivity contribution < 1.29 is 14.5 Å². The predicted octanol–water partition coefficient (Wildman–Crippen LogP) is 3.90. The Labute approximate surface area is 200 Å². The van der Waals surface area contributed by atoms with Gasteiger partial charge in [0.25, 0.3) is 17.5 Å². The van der Waals surface area contributed by atoms with Crippen molar-refractivity contribution >= 4 is 29.0 Å². The summed E-state index contributed by atoms with van der Waals surface area (Å²) < 4.78 is 0. The molecular formula is C26H19N5O4. The summed E-state index contributed by atoms with van der Waals surface area (Å²) in [4.78, 5) is 40.6. The van der Waals surface area contributed by atoms with Gasteiger partial charge in [0.2, 0.25) is 0 Å². The number of hydrogen-bond donors (Lipinski definition) is 2. The van der Waals surface area contributed by atoms with Crippen molar-refractivity contribution in [2.75, 3.05) is 0 Å². The van der Waals surface area contributed by atoms with E-state index in [-0.39, 0.29) is 34.4 Å². The van der Waals surface area contributed by atoms with Crippen molar-refractivity contribution in [3.05, 3.63) is 117 Å². The smallest absolute Gasteiger partial charge is 0.270 e. The van der Waals surface area contributed by atoms with Gasteiger partial charge >= 0.3 is 0 Å². The van der Waals surface area contributed by atoms with Crippen LogP contribution in [0.15, 0.2) is 89.4 Å². The molecule has 0 aliphatic carbocycles. The molecule has 3 aromatic carbocycles. The third-order valence-electron chi connectivity index (χ3n) is 5.43. The second-order valence-electron chi connectivity index (χ2n) is 7.71. The van der Waals surface area contributed by atoms with E-state index >= 15 is 0 Å². The molecule has 0 saturated carbocycles. The van der Waals surface area contributed by atoms with E-state index in [2.05, 4.69) is 15.6 Å². The Kier molecular flexibility index (Phi) is 6.46. The lowest BCUT2D eigenvalue weighted by molar-refractivity contribution is -0.384. The molecule has 2 amide bonds. The van der Waals surface area contributed by atoms with Gasteiger partial charge in [0.1, 0.15) is 17.5 Å². The van der Waals surface area contributed by atoms with Gasteiger partial charge in [-0.1, -0.05) is 60.7 Å². The Morgan fingerprint density at radius 3 is 2.37 bits per heavy atom. The molecule has 172 valence electrons. The number of hydrogen-bond acceptors (Lipinski definition) is 6. The lowest BCUT2D eigenvalue weighted by Gasteiger charge is -2.14. The maximum absolute atomic E-state index is 13.0. The Balaban J connectivity index is 1.66. The number of aliphatic imine (C=N–C) groups is 1. The Bertz CT molecular complexity index is 1440. The molecule has 0 spiro atoms. The lowest BCUT2D eigenvalue weighted by atomic mass is 10.0. The molecule has 1 aliphatic rings. The monoisotopic (exact) mass is 465 g/mol. The van der Waals surface area contributed by atoms with Gasteiger partial charge in [0, 0.05) is 28.8 Å². The van der Waals surface area contributed by atoms with Crippen LogP contribution in [0.1, 0.15) is 40.0 Å². The number of nitrogens with one attached hydrogen (secondary N) is 2. The first kappa shape index (κ1) is 23.1. The summed E-state index contributed by atoms with van der Waals surface area (Å²) in [5, 5.41) is 26.3. The molecule has 1 atom stereocenters. The van der Waals surface area contributed by atoms with Crippen LogP contribution in [0.25, 0.3) is 5.70 Å². The number of nitriles is 1. The zero-order valence-electron chi connectivity index (χ0n) is 18.6. The fraction of sp³-hybridized carbons (Fsp3) is 0.0769. The number of nitrogens with zero attached hydrogens (tertiary/aromatic N) is 3. The standard InChI is InChI=1S/C26H19N5O4/c1-16(17-8-3-2-4-9-17)28-26(33)22(15-27)23-20-12-5-6-13-21(20)24(29-23)30-25(32)18-10-7-11-19(14-18)31(34)35/h2-14,16H,1H3,(H,28,33)(H,29,30,32)/b23-22+/t16-/m0/s1. The molecule has 9 heteroatoms. The highest BCUT2D eigenvalue weighted by molar-refractivity contribution is 6.20. The number of non-ortho nitro benzene ring substituents is 1. The van der Waals surface area contributed by atoms with Crippen molar-refractivity contribution in [3.63, 3.8) is 0 Å². The van der Waals surface area contributed by atoms with E-state index in [0.717, 1.165) is 11.6 Å². The van der Waals surface area contributed by atoms with E-state index in [0.29, 0.717) is 11.1 Å². The van der Waals surface area contributed by atoms with Crippen LogP contribution in [0.4, 0.5) is 5.69 Å². The van der Waals surface area contributed by atoms with Gasteiger partial charge in [-0.2, -0.15) is 5.26 Å². The topological polar surface area (TPSA) is 137 Å². The predicted molar refractivity (Wildman–Crippen MR) is 129 cm³/mol. The summed E-state index contributed by atoms with van der Waals surface area (Å²) in [5.74, 6) is -1.06. The molecule has 0 bridgehead atoms. The molecule has 0 saturated heterocycles. The summed E-state index contributed by atoms with van der Waals surface area (Å²) in [6, 6.07) is 23.1. The van der Waals surface area contributed by atoms with E-state index < -0.39 is 16.7 Å². The fourth-order valence-corrected chi connectivity index (χ4v) is 3.66. The summed E-state index contributed by atoms with van der Waals surface area (Å²) in [6.45, 7) is 1.81. The summed E-state index contributed by atoms with van der Waals surface area (Å²) in [6.07, 6.45) is 0. The number of nitro groups is 1. The Hall–Kier alpha value is -5.10. The molecule has 1 aliphatic heterocycles. The quantitative estimate of drug-likeness (QED) is 0.255. The Morgan fingerprint density at radius 1 is 1.00 bits per heavy atom. The molecule has 3 aromatic rings. The second kappa shape index (κ2) is 9.80. The van der Waals surface area contributed by atoms with Gasteiger partial charge in [0.15, 0.2) is 0 Å². The van der Waals surface area contributed by atoms with Crippen LogP contribution in [-0.2, 0) is 4.79 Å². The van der Waals surface area contributed by atoms with Crippen LogP contribution in [0, 0.1) is 21.4 Å². The minimum atomic E-state index is -0.607. The highest BCUT2D eigenvalue weighted by atomic mass is 16.6. The number of benzene rings is 3. The average molecular weight is 465 g/mol. The maximum Gasteiger partial charge on any atom is 0.270 e. The van der Waals surface area contributed by atoms with Crippen molar-refractivity contribution in [2.45, 2.75) is 13.0 Å². The summed E-state index contributed by atoms with van der Waals surface area (Å²) >= 11 is 0. The molecule has 0 radical (unpaired) electrons. The normalized spacial score (nSPS) is 14.1. The Morgan fingerprint density at radius 2 is 1.69 bits per heavy atom. The first-order chi connectivity index (χ1) is 16.9. The van der Waals surface area contributed by atoms with Crippen molar-refractivity contribution in [1.29, 1.82) is 5.26 Å². The van der Waals surface area contributed by atoms with Crippen molar-refractivity contribution in [1.82, 2.24) is 10.6 Å². The maximum atomic E-state index is 13.0. The highest BCUT2D eigenvalue weighted by Gasteiger charge is 2.28. The van der Waals surface area contributed by atoms with Gasteiger partial charge in [0.05, 0.1) is 16.7 Å². The van der Waals surface area contributed by atoms with Gasteiger partial charge in [-0.05, 0) is 18.6 Å². The largest absolute Gasteiger partial charge is 0.345 e. The minimum absolute atomic E-state index is 0.0757. The number of amides is 2. The number of fused-ring (bicyclic) bond motifs is 1. The molecule has 35 heavy (non-hydrogen) atoms. The van der Waals surface area contributed by atoms with E-state index in [9.17, 15) is 25.0 Å². The second-order valence-corrected chi connectivity index (χ2v) is 7.71. The third kappa shape index (κ3) is 4.82. The van der Waals surface area contributed by atoms with Crippen LogP contribution in [0.2, 0.25) is 0 Å². The van der Waals surface area contributed by atoms with E-state index in [1.807, 2.05) is 43.3 Å². The van der Waals surface area contributed by atoms with Crippen LogP contribution in [0.3, 0.4) is 0 Å². The molecule has 0 aromatic heterocycles. The van der Waals surface area contributed by atoms with Crippen LogP contribution in [-0.4, -0.2) is 22.6 Å². The molecule has 1 heterocycles. The zero-order valence-corrected chi connectivity index (χ0v) is 18.6. The molecule has 9 nitrogen and oxygen atoms in total. The van der Waals surface area contributed by atoms with Gasteiger partial charge in [-0.25, -0.2) is 4.99 Å².